The normalized spacial score (nSPS) is 9.31. The summed E-state index contributed by atoms with van der Waals surface area (Å²) in [5, 5.41) is 0. The van der Waals surface area contributed by atoms with Gasteiger partial charge < -0.3 is 4.74 Å². The number of nitrogens with zero attached hydrogens (tertiary/aromatic N) is 1. The lowest BCUT2D eigenvalue weighted by Gasteiger charge is -2.04. The SMILES string of the molecule is C=CCc1ncccc1OC(C)=O. The minimum Gasteiger partial charge on any atom is -0.425 e. The molecule has 68 valence electrons. The Hall–Kier alpha value is -1.64. The lowest BCUT2D eigenvalue weighted by molar-refractivity contribution is -0.131. The summed E-state index contributed by atoms with van der Waals surface area (Å²) in [6, 6.07) is 3.44. The average molecular weight is 177 g/mol. The summed E-state index contributed by atoms with van der Waals surface area (Å²) in [7, 11) is 0. The van der Waals surface area contributed by atoms with Crippen molar-refractivity contribution in [3.05, 3.63) is 36.7 Å². The van der Waals surface area contributed by atoms with Gasteiger partial charge in [0.15, 0.2) is 5.75 Å². The summed E-state index contributed by atoms with van der Waals surface area (Å²) >= 11 is 0. The fourth-order valence-electron chi connectivity index (χ4n) is 0.961. The third-order valence-corrected chi connectivity index (χ3v) is 1.44. The molecule has 0 saturated heterocycles. The number of allylic oxidation sites excluding steroid dienone is 1. The van der Waals surface area contributed by atoms with E-state index in [-0.39, 0.29) is 5.97 Å². The Bertz CT molecular complexity index is 320. The number of carbonyl (C=O) groups excluding carboxylic acids is 1. The molecule has 0 amide bonds. The van der Waals surface area contributed by atoms with Crippen LogP contribution in [-0.2, 0) is 11.2 Å². The molecule has 1 aromatic heterocycles. The van der Waals surface area contributed by atoms with Gasteiger partial charge in [0.2, 0.25) is 0 Å². The smallest absolute Gasteiger partial charge is 0.308 e. The largest absolute Gasteiger partial charge is 0.425 e. The average Bonchev–Trinajstić information content (AvgIpc) is 2.08. The van der Waals surface area contributed by atoms with Crippen molar-refractivity contribution in [2.45, 2.75) is 13.3 Å². The number of rotatable bonds is 3. The molecule has 0 fully saturated rings. The van der Waals surface area contributed by atoms with E-state index >= 15 is 0 Å². The Morgan fingerprint density at radius 1 is 1.77 bits per heavy atom. The first kappa shape index (κ1) is 9.45. The molecule has 0 spiro atoms. The Labute approximate surface area is 77.1 Å². The van der Waals surface area contributed by atoms with Crippen molar-refractivity contribution in [1.82, 2.24) is 4.98 Å². The molecular formula is C10H11NO2. The fraction of sp³-hybridized carbons (Fsp3) is 0.200. The third kappa shape index (κ3) is 2.71. The summed E-state index contributed by atoms with van der Waals surface area (Å²) in [6.07, 6.45) is 3.98. The van der Waals surface area contributed by atoms with Crippen molar-refractivity contribution < 1.29 is 9.53 Å². The van der Waals surface area contributed by atoms with Crippen LogP contribution >= 0.6 is 0 Å². The molecule has 0 aliphatic carbocycles. The summed E-state index contributed by atoms with van der Waals surface area (Å²) in [5.74, 6) is 0.174. The van der Waals surface area contributed by atoms with Gasteiger partial charge >= 0.3 is 5.97 Å². The fourth-order valence-corrected chi connectivity index (χ4v) is 0.961. The van der Waals surface area contributed by atoms with Gasteiger partial charge in [-0.2, -0.15) is 0 Å². The first-order valence-corrected chi connectivity index (χ1v) is 3.97. The highest BCUT2D eigenvalue weighted by molar-refractivity contribution is 5.69. The van der Waals surface area contributed by atoms with Gasteiger partial charge in [0, 0.05) is 19.5 Å². The van der Waals surface area contributed by atoms with Gasteiger partial charge in [0.25, 0.3) is 0 Å². The van der Waals surface area contributed by atoms with Crippen LogP contribution in [0.3, 0.4) is 0 Å². The Balaban J connectivity index is 2.90. The molecule has 1 rings (SSSR count). The molecule has 0 unspecified atom stereocenters. The number of ether oxygens (including phenoxy) is 1. The number of esters is 1. The molecule has 0 radical (unpaired) electrons. The predicted octanol–water partition coefficient (Wildman–Crippen LogP) is 1.74. The zero-order valence-corrected chi connectivity index (χ0v) is 7.49. The highest BCUT2D eigenvalue weighted by Crippen LogP contribution is 2.15. The molecule has 1 aromatic rings. The zero-order chi connectivity index (χ0) is 9.68. The maximum absolute atomic E-state index is 10.7. The van der Waals surface area contributed by atoms with Gasteiger partial charge in [0.1, 0.15) is 0 Å². The van der Waals surface area contributed by atoms with Gasteiger partial charge in [-0.25, -0.2) is 0 Å². The summed E-state index contributed by atoms with van der Waals surface area (Å²) < 4.78 is 4.95. The van der Waals surface area contributed by atoms with Crippen LogP contribution in [0.15, 0.2) is 31.0 Å². The van der Waals surface area contributed by atoms with E-state index in [1.807, 2.05) is 0 Å². The van der Waals surface area contributed by atoms with E-state index in [2.05, 4.69) is 11.6 Å². The molecule has 0 saturated carbocycles. The molecule has 13 heavy (non-hydrogen) atoms. The van der Waals surface area contributed by atoms with Crippen molar-refractivity contribution >= 4 is 5.97 Å². The Morgan fingerprint density at radius 2 is 2.54 bits per heavy atom. The lowest BCUT2D eigenvalue weighted by Crippen LogP contribution is -2.04. The van der Waals surface area contributed by atoms with Gasteiger partial charge in [-0.05, 0) is 12.1 Å². The molecule has 3 nitrogen and oxygen atoms in total. The van der Waals surface area contributed by atoms with Crippen LogP contribution < -0.4 is 4.74 Å². The van der Waals surface area contributed by atoms with Crippen LogP contribution in [0, 0.1) is 0 Å². The summed E-state index contributed by atoms with van der Waals surface area (Å²) in [6.45, 7) is 4.96. The minimum absolute atomic E-state index is 0.335. The van der Waals surface area contributed by atoms with Crippen LogP contribution in [0.2, 0.25) is 0 Å². The second-order valence-corrected chi connectivity index (χ2v) is 2.53. The van der Waals surface area contributed by atoms with Crippen molar-refractivity contribution in [2.75, 3.05) is 0 Å². The molecule has 3 heteroatoms. The number of hydrogen-bond acceptors (Lipinski definition) is 3. The summed E-state index contributed by atoms with van der Waals surface area (Å²) in [5.41, 5.74) is 0.729. The molecule has 0 N–H and O–H groups in total. The molecule has 0 atom stereocenters. The van der Waals surface area contributed by atoms with Crippen LogP contribution in [0.1, 0.15) is 12.6 Å². The standard InChI is InChI=1S/C10H11NO2/c1-3-5-9-10(13-8(2)12)6-4-7-11-9/h3-4,6-7H,1,5H2,2H3. The van der Waals surface area contributed by atoms with Crippen LogP contribution in [0.4, 0.5) is 0 Å². The van der Waals surface area contributed by atoms with Crippen LogP contribution in [-0.4, -0.2) is 11.0 Å². The van der Waals surface area contributed by atoms with E-state index in [1.165, 1.54) is 6.92 Å². The number of carbonyl (C=O) groups is 1. The topological polar surface area (TPSA) is 39.2 Å². The zero-order valence-electron chi connectivity index (χ0n) is 7.49. The Kier molecular flexibility index (Phi) is 3.20. The second-order valence-electron chi connectivity index (χ2n) is 2.53. The van der Waals surface area contributed by atoms with E-state index < -0.39 is 0 Å². The molecule has 0 aliphatic rings. The highest BCUT2D eigenvalue weighted by atomic mass is 16.5. The minimum atomic E-state index is -0.335. The van der Waals surface area contributed by atoms with E-state index in [0.717, 1.165) is 5.69 Å². The summed E-state index contributed by atoms with van der Waals surface area (Å²) in [4.78, 5) is 14.8. The first-order chi connectivity index (χ1) is 6.24. The number of aromatic nitrogens is 1. The monoisotopic (exact) mass is 177 g/mol. The molecule has 1 heterocycles. The Morgan fingerprint density at radius 3 is 3.15 bits per heavy atom. The second kappa shape index (κ2) is 4.40. The first-order valence-electron chi connectivity index (χ1n) is 3.97. The number of hydrogen-bond donors (Lipinski definition) is 0. The maximum Gasteiger partial charge on any atom is 0.308 e. The maximum atomic E-state index is 10.7. The predicted molar refractivity (Wildman–Crippen MR) is 49.4 cm³/mol. The van der Waals surface area contributed by atoms with Gasteiger partial charge in [-0.1, -0.05) is 6.08 Å². The van der Waals surface area contributed by atoms with Crippen LogP contribution in [0.25, 0.3) is 0 Å². The van der Waals surface area contributed by atoms with Crippen molar-refractivity contribution in [3.8, 4) is 5.75 Å². The molecule has 0 bridgehead atoms. The number of pyridine rings is 1. The van der Waals surface area contributed by atoms with Crippen molar-refractivity contribution in [1.29, 1.82) is 0 Å². The highest BCUT2D eigenvalue weighted by Gasteiger charge is 2.04. The van der Waals surface area contributed by atoms with E-state index in [4.69, 9.17) is 4.74 Å². The van der Waals surface area contributed by atoms with E-state index in [9.17, 15) is 4.79 Å². The van der Waals surface area contributed by atoms with E-state index in [0.29, 0.717) is 12.2 Å². The van der Waals surface area contributed by atoms with Gasteiger partial charge in [-0.15, -0.1) is 6.58 Å². The molecular weight excluding hydrogens is 166 g/mol. The molecule has 0 aliphatic heterocycles. The third-order valence-electron chi connectivity index (χ3n) is 1.44. The quantitative estimate of drug-likeness (QED) is 0.521. The van der Waals surface area contributed by atoms with Crippen molar-refractivity contribution in [2.24, 2.45) is 0 Å². The van der Waals surface area contributed by atoms with E-state index in [1.54, 1.807) is 24.4 Å². The lowest BCUT2D eigenvalue weighted by atomic mass is 10.2. The molecule has 0 aromatic carbocycles. The van der Waals surface area contributed by atoms with Gasteiger partial charge in [-0.3, -0.25) is 9.78 Å². The van der Waals surface area contributed by atoms with Crippen molar-refractivity contribution in [3.63, 3.8) is 0 Å². The van der Waals surface area contributed by atoms with Crippen LogP contribution in [0.5, 0.6) is 5.75 Å². The van der Waals surface area contributed by atoms with Gasteiger partial charge in [0.05, 0.1) is 5.69 Å².